The van der Waals surface area contributed by atoms with Gasteiger partial charge in [-0.15, -0.1) is 0 Å². The van der Waals surface area contributed by atoms with Gasteiger partial charge in [0.1, 0.15) is 0 Å². The normalized spacial score (nSPS) is 17.8. The van der Waals surface area contributed by atoms with Crippen LogP contribution in [0.2, 0.25) is 5.02 Å². The molecule has 2 rings (SSSR count). The lowest BCUT2D eigenvalue weighted by Crippen LogP contribution is -2.15. The van der Waals surface area contributed by atoms with Crippen LogP contribution in [-0.2, 0) is 4.74 Å². The van der Waals surface area contributed by atoms with Crippen molar-refractivity contribution in [2.75, 3.05) is 11.9 Å². The highest BCUT2D eigenvalue weighted by atomic mass is 79.9. The summed E-state index contributed by atoms with van der Waals surface area (Å²) in [6, 6.07) is 7.92. The molecular formula is C14H18BrClO. The first-order valence-corrected chi connectivity index (χ1v) is 7.72. The zero-order valence-corrected chi connectivity index (χ0v) is 12.2. The van der Waals surface area contributed by atoms with Crippen molar-refractivity contribution >= 4 is 27.5 Å². The quantitative estimate of drug-likeness (QED) is 0.672. The van der Waals surface area contributed by atoms with Crippen LogP contribution in [0.25, 0.3) is 0 Å². The fraction of sp³-hybridized carbons (Fsp3) is 0.571. The molecule has 0 heterocycles. The molecule has 0 saturated heterocycles. The molecule has 1 aromatic carbocycles. The van der Waals surface area contributed by atoms with E-state index in [9.17, 15) is 0 Å². The van der Waals surface area contributed by atoms with Crippen LogP contribution in [0.4, 0.5) is 0 Å². The lowest BCUT2D eigenvalue weighted by atomic mass is 9.83. The van der Waals surface area contributed by atoms with Crippen LogP contribution in [0.5, 0.6) is 0 Å². The van der Waals surface area contributed by atoms with Crippen LogP contribution >= 0.6 is 27.5 Å². The number of hydrogen-bond donors (Lipinski definition) is 0. The third-order valence-electron chi connectivity index (χ3n) is 3.45. The predicted molar refractivity (Wildman–Crippen MR) is 75.9 cm³/mol. The average Bonchev–Trinajstić information content (AvgIpc) is 2.29. The zero-order valence-electron chi connectivity index (χ0n) is 9.87. The summed E-state index contributed by atoms with van der Waals surface area (Å²) in [5, 5.41) is 1.61. The van der Waals surface area contributed by atoms with Crippen LogP contribution in [-0.4, -0.2) is 11.9 Å². The summed E-state index contributed by atoms with van der Waals surface area (Å²) in [4.78, 5) is 0. The molecule has 1 fully saturated rings. The second kappa shape index (κ2) is 6.77. The van der Waals surface area contributed by atoms with Crippen molar-refractivity contribution < 1.29 is 4.74 Å². The van der Waals surface area contributed by atoms with E-state index >= 15 is 0 Å². The van der Waals surface area contributed by atoms with Gasteiger partial charge in [0.2, 0.25) is 0 Å². The van der Waals surface area contributed by atoms with Crippen LogP contribution in [0.15, 0.2) is 24.3 Å². The van der Waals surface area contributed by atoms with E-state index in [0.717, 1.165) is 22.9 Å². The van der Waals surface area contributed by atoms with Gasteiger partial charge in [0.25, 0.3) is 0 Å². The van der Waals surface area contributed by atoms with Crippen LogP contribution in [0.1, 0.15) is 37.4 Å². The summed E-state index contributed by atoms with van der Waals surface area (Å²) in [6.45, 7) is 0.865. The van der Waals surface area contributed by atoms with Gasteiger partial charge in [-0.3, -0.25) is 0 Å². The molecule has 1 aliphatic carbocycles. The van der Waals surface area contributed by atoms with Gasteiger partial charge in [-0.25, -0.2) is 0 Å². The molecule has 0 bridgehead atoms. The molecule has 0 N–H and O–H groups in total. The number of halogens is 2. The highest BCUT2D eigenvalue weighted by Gasteiger charge is 2.18. The van der Waals surface area contributed by atoms with Gasteiger partial charge in [-0.1, -0.05) is 58.9 Å². The summed E-state index contributed by atoms with van der Waals surface area (Å²) < 4.78 is 5.93. The number of ether oxygens (including phenoxy) is 1. The van der Waals surface area contributed by atoms with Gasteiger partial charge in [-0.05, 0) is 30.0 Å². The molecule has 0 amide bonds. The summed E-state index contributed by atoms with van der Waals surface area (Å²) in [6.07, 6.45) is 5.54. The third-order valence-corrected chi connectivity index (χ3v) is 4.29. The van der Waals surface area contributed by atoms with Crippen molar-refractivity contribution in [3.05, 3.63) is 34.9 Å². The molecule has 1 aromatic rings. The number of alkyl halides is 1. The minimum Gasteiger partial charge on any atom is -0.373 e. The Bertz CT molecular complexity index is 335. The molecule has 94 valence electrons. The lowest BCUT2D eigenvalue weighted by molar-refractivity contribution is 0.0521. The first kappa shape index (κ1) is 13.4. The SMILES string of the molecule is Clc1ccc(C(CBr)OCCC2CCC2)cc1. The monoisotopic (exact) mass is 316 g/mol. The minimum absolute atomic E-state index is 0.146. The molecule has 1 saturated carbocycles. The molecule has 0 radical (unpaired) electrons. The van der Waals surface area contributed by atoms with Gasteiger partial charge in [0.15, 0.2) is 0 Å². The highest BCUT2D eigenvalue weighted by Crippen LogP contribution is 2.30. The van der Waals surface area contributed by atoms with Gasteiger partial charge in [0.05, 0.1) is 6.10 Å². The standard InChI is InChI=1S/C14H18BrClO/c15-10-14(12-4-6-13(16)7-5-12)17-9-8-11-2-1-3-11/h4-7,11,14H,1-3,8-10H2. The second-order valence-electron chi connectivity index (χ2n) is 4.65. The fourth-order valence-electron chi connectivity index (χ4n) is 2.07. The van der Waals surface area contributed by atoms with Gasteiger partial charge >= 0.3 is 0 Å². The summed E-state index contributed by atoms with van der Waals surface area (Å²) in [5.41, 5.74) is 1.19. The first-order chi connectivity index (χ1) is 8.29. The molecule has 1 aliphatic rings. The van der Waals surface area contributed by atoms with Gasteiger partial charge < -0.3 is 4.74 Å². The second-order valence-corrected chi connectivity index (χ2v) is 5.73. The topological polar surface area (TPSA) is 9.23 Å². The summed E-state index contributed by atoms with van der Waals surface area (Å²) >= 11 is 9.39. The molecule has 1 atom stereocenters. The van der Waals surface area contributed by atoms with E-state index in [1.165, 1.54) is 31.2 Å². The molecule has 1 nitrogen and oxygen atoms in total. The Morgan fingerprint density at radius 2 is 2.00 bits per heavy atom. The Hall–Kier alpha value is -0.0500. The molecule has 1 unspecified atom stereocenters. The Morgan fingerprint density at radius 3 is 2.53 bits per heavy atom. The van der Waals surface area contributed by atoms with Crippen molar-refractivity contribution in [2.24, 2.45) is 5.92 Å². The van der Waals surface area contributed by atoms with Gasteiger partial charge in [-0.2, -0.15) is 0 Å². The number of benzene rings is 1. The van der Waals surface area contributed by atoms with E-state index in [0.29, 0.717) is 0 Å². The predicted octanol–water partition coefficient (Wildman–Crippen LogP) is 4.98. The first-order valence-electron chi connectivity index (χ1n) is 6.22. The van der Waals surface area contributed by atoms with Crippen molar-refractivity contribution in [1.29, 1.82) is 0 Å². The number of rotatable bonds is 6. The molecule has 0 aromatic heterocycles. The van der Waals surface area contributed by atoms with Crippen molar-refractivity contribution in [1.82, 2.24) is 0 Å². The lowest BCUT2D eigenvalue weighted by Gasteiger charge is -2.26. The molecule has 17 heavy (non-hydrogen) atoms. The zero-order chi connectivity index (χ0) is 12.1. The van der Waals surface area contributed by atoms with E-state index < -0.39 is 0 Å². The Kier molecular flexibility index (Phi) is 5.33. The van der Waals surface area contributed by atoms with E-state index in [1.807, 2.05) is 24.3 Å². The van der Waals surface area contributed by atoms with Crippen molar-refractivity contribution in [3.63, 3.8) is 0 Å². The highest BCUT2D eigenvalue weighted by molar-refractivity contribution is 9.09. The van der Waals surface area contributed by atoms with Gasteiger partial charge in [0, 0.05) is 17.0 Å². The maximum absolute atomic E-state index is 5.93. The summed E-state index contributed by atoms with van der Waals surface area (Å²) in [7, 11) is 0. The van der Waals surface area contributed by atoms with E-state index in [-0.39, 0.29) is 6.10 Å². The maximum atomic E-state index is 5.93. The Balaban J connectivity index is 1.80. The van der Waals surface area contributed by atoms with E-state index in [2.05, 4.69) is 15.9 Å². The largest absolute Gasteiger partial charge is 0.373 e. The molecule has 0 spiro atoms. The smallest absolute Gasteiger partial charge is 0.0921 e. The number of hydrogen-bond acceptors (Lipinski definition) is 1. The third kappa shape index (κ3) is 3.97. The van der Waals surface area contributed by atoms with E-state index in [4.69, 9.17) is 16.3 Å². The van der Waals surface area contributed by atoms with Crippen molar-refractivity contribution in [3.8, 4) is 0 Å². The fourth-order valence-corrected chi connectivity index (χ4v) is 2.75. The van der Waals surface area contributed by atoms with Crippen LogP contribution in [0.3, 0.4) is 0 Å². The Labute approximate surface area is 117 Å². The van der Waals surface area contributed by atoms with E-state index in [1.54, 1.807) is 0 Å². The van der Waals surface area contributed by atoms with Crippen molar-refractivity contribution in [2.45, 2.75) is 31.8 Å². The molecule has 3 heteroatoms. The minimum atomic E-state index is 0.146. The average molecular weight is 318 g/mol. The molecule has 0 aliphatic heterocycles. The Morgan fingerprint density at radius 1 is 1.29 bits per heavy atom. The van der Waals surface area contributed by atoms with Crippen LogP contribution in [0, 0.1) is 5.92 Å². The van der Waals surface area contributed by atoms with Crippen LogP contribution < -0.4 is 0 Å². The summed E-state index contributed by atoms with van der Waals surface area (Å²) in [5.74, 6) is 0.913. The molecular weight excluding hydrogens is 300 g/mol. The maximum Gasteiger partial charge on any atom is 0.0921 e.